The van der Waals surface area contributed by atoms with E-state index in [0.717, 1.165) is 11.1 Å². The van der Waals surface area contributed by atoms with Gasteiger partial charge >= 0.3 is 5.97 Å². The van der Waals surface area contributed by atoms with Crippen LogP contribution in [0.25, 0.3) is 6.08 Å². The van der Waals surface area contributed by atoms with Gasteiger partial charge in [0.2, 0.25) is 11.8 Å². The summed E-state index contributed by atoms with van der Waals surface area (Å²) in [6.45, 7) is 1.46. The standard InChI is InChI=1S/C21H19ClN2O4/c1-13(25)24-10-9-14-5-3-4-6-16(14)19(24)12-20(26)23-15-7-8-18(22)17(11-15)21(27)28-2/h3-11,19H,12H2,1-2H3,(H,23,26)/t19-/m1/s1. The molecule has 28 heavy (non-hydrogen) atoms. The fourth-order valence-corrected chi connectivity index (χ4v) is 3.36. The van der Waals surface area contributed by atoms with Gasteiger partial charge < -0.3 is 15.0 Å². The third-order valence-corrected chi connectivity index (χ3v) is 4.83. The van der Waals surface area contributed by atoms with Crippen molar-refractivity contribution in [2.75, 3.05) is 12.4 Å². The maximum atomic E-state index is 12.7. The van der Waals surface area contributed by atoms with Crippen LogP contribution in [-0.2, 0) is 14.3 Å². The van der Waals surface area contributed by atoms with E-state index < -0.39 is 12.0 Å². The van der Waals surface area contributed by atoms with Gasteiger partial charge in [-0.25, -0.2) is 4.79 Å². The van der Waals surface area contributed by atoms with E-state index >= 15 is 0 Å². The van der Waals surface area contributed by atoms with Crippen LogP contribution in [0.5, 0.6) is 0 Å². The first-order chi connectivity index (χ1) is 13.4. The van der Waals surface area contributed by atoms with Crippen molar-refractivity contribution in [1.29, 1.82) is 0 Å². The van der Waals surface area contributed by atoms with Crippen molar-refractivity contribution in [3.8, 4) is 0 Å². The Morgan fingerprint density at radius 2 is 1.93 bits per heavy atom. The van der Waals surface area contributed by atoms with Crippen molar-refractivity contribution in [2.24, 2.45) is 0 Å². The molecule has 3 rings (SSSR count). The summed E-state index contributed by atoms with van der Waals surface area (Å²) in [4.78, 5) is 38.0. The summed E-state index contributed by atoms with van der Waals surface area (Å²) < 4.78 is 4.69. The quantitative estimate of drug-likeness (QED) is 0.789. The van der Waals surface area contributed by atoms with Crippen molar-refractivity contribution in [3.05, 3.63) is 70.4 Å². The summed E-state index contributed by atoms with van der Waals surface area (Å²) >= 11 is 6.01. The first kappa shape index (κ1) is 19.6. The Kier molecular flexibility index (Phi) is 5.80. The average Bonchev–Trinajstić information content (AvgIpc) is 2.68. The lowest BCUT2D eigenvalue weighted by molar-refractivity contribution is -0.129. The molecule has 0 radical (unpaired) electrons. The molecule has 0 bridgehead atoms. The van der Waals surface area contributed by atoms with E-state index in [9.17, 15) is 14.4 Å². The number of anilines is 1. The molecule has 6 nitrogen and oxygen atoms in total. The third kappa shape index (κ3) is 4.07. The van der Waals surface area contributed by atoms with Gasteiger partial charge in [0.15, 0.2) is 0 Å². The zero-order valence-corrected chi connectivity index (χ0v) is 16.2. The van der Waals surface area contributed by atoms with Crippen molar-refractivity contribution in [1.82, 2.24) is 4.90 Å². The van der Waals surface area contributed by atoms with Gasteiger partial charge in [-0.15, -0.1) is 0 Å². The predicted molar refractivity (Wildman–Crippen MR) is 107 cm³/mol. The largest absolute Gasteiger partial charge is 0.465 e. The molecular weight excluding hydrogens is 380 g/mol. The molecule has 2 amide bonds. The topological polar surface area (TPSA) is 75.7 Å². The number of carbonyl (C=O) groups is 3. The van der Waals surface area contributed by atoms with Crippen LogP contribution in [0.4, 0.5) is 5.69 Å². The number of amides is 2. The molecule has 144 valence electrons. The van der Waals surface area contributed by atoms with Gasteiger partial charge in [-0.2, -0.15) is 0 Å². The first-order valence-corrected chi connectivity index (χ1v) is 9.02. The fraction of sp³-hybridized carbons (Fsp3) is 0.190. The molecular formula is C21H19ClN2O4. The molecule has 1 N–H and O–H groups in total. The molecule has 0 saturated heterocycles. The highest BCUT2D eigenvalue weighted by Crippen LogP contribution is 2.33. The lowest BCUT2D eigenvalue weighted by Crippen LogP contribution is -2.33. The van der Waals surface area contributed by atoms with Crippen LogP contribution < -0.4 is 5.32 Å². The normalized spacial score (nSPS) is 15.0. The summed E-state index contributed by atoms with van der Waals surface area (Å²) in [6.07, 6.45) is 3.62. The smallest absolute Gasteiger partial charge is 0.339 e. The predicted octanol–water partition coefficient (Wildman–Crippen LogP) is 4.03. The highest BCUT2D eigenvalue weighted by molar-refractivity contribution is 6.33. The Morgan fingerprint density at radius 1 is 1.18 bits per heavy atom. The number of hydrogen-bond donors (Lipinski definition) is 1. The number of carbonyl (C=O) groups excluding carboxylic acids is 3. The van der Waals surface area contributed by atoms with E-state index in [1.165, 1.54) is 26.2 Å². The molecule has 1 heterocycles. The second-order valence-electron chi connectivity index (χ2n) is 6.33. The SMILES string of the molecule is COC(=O)c1cc(NC(=O)C[C@@H]2c3ccccc3C=CN2C(C)=O)ccc1Cl. The number of halogens is 1. The fourth-order valence-electron chi connectivity index (χ4n) is 3.17. The second-order valence-corrected chi connectivity index (χ2v) is 6.73. The zero-order chi connectivity index (χ0) is 20.3. The molecule has 0 fully saturated rings. The maximum Gasteiger partial charge on any atom is 0.339 e. The van der Waals surface area contributed by atoms with Gasteiger partial charge in [0.1, 0.15) is 0 Å². The lowest BCUT2D eigenvalue weighted by Gasteiger charge is -2.32. The molecule has 0 aromatic heterocycles. The van der Waals surface area contributed by atoms with Crippen LogP contribution in [0, 0.1) is 0 Å². The number of rotatable bonds is 4. The maximum absolute atomic E-state index is 12.7. The van der Waals surface area contributed by atoms with E-state index in [2.05, 4.69) is 5.32 Å². The van der Waals surface area contributed by atoms with Crippen LogP contribution in [-0.4, -0.2) is 29.8 Å². The van der Waals surface area contributed by atoms with Crippen LogP contribution in [0.3, 0.4) is 0 Å². The highest BCUT2D eigenvalue weighted by atomic mass is 35.5. The van der Waals surface area contributed by atoms with Gasteiger partial charge in [-0.3, -0.25) is 9.59 Å². The van der Waals surface area contributed by atoms with Gasteiger partial charge in [-0.05, 0) is 35.4 Å². The Labute approximate surface area is 167 Å². The van der Waals surface area contributed by atoms with Gasteiger partial charge in [-0.1, -0.05) is 35.9 Å². The summed E-state index contributed by atoms with van der Waals surface area (Å²) in [5.74, 6) is -1.03. The molecule has 0 aliphatic carbocycles. The minimum atomic E-state index is -0.588. The number of methoxy groups -OCH3 is 1. The molecule has 1 aliphatic heterocycles. The average molecular weight is 399 g/mol. The first-order valence-electron chi connectivity index (χ1n) is 8.64. The van der Waals surface area contributed by atoms with Crippen molar-refractivity contribution in [3.63, 3.8) is 0 Å². The van der Waals surface area contributed by atoms with Crippen molar-refractivity contribution >= 4 is 41.1 Å². The number of nitrogens with one attached hydrogen (secondary N) is 1. The van der Waals surface area contributed by atoms with E-state index in [1.807, 2.05) is 30.3 Å². The number of ether oxygens (including phenoxy) is 1. The van der Waals surface area contributed by atoms with E-state index in [-0.39, 0.29) is 28.8 Å². The van der Waals surface area contributed by atoms with E-state index in [0.29, 0.717) is 5.69 Å². The summed E-state index contributed by atoms with van der Waals surface area (Å²) in [5, 5.41) is 2.99. The number of fused-ring (bicyclic) bond motifs is 1. The molecule has 0 spiro atoms. The van der Waals surface area contributed by atoms with Gasteiger partial charge in [0.05, 0.1) is 30.2 Å². The van der Waals surface area contributed by atoms with Crippen molar-refractivity contribution in [2.45, 2.75) is 19.4 Å². The lowest BCUT2D eigenvalue weighted by atomic mass is 9.93. The molecule has 0 saturated carbocycles. The Bertz CT molecular complexity index is 971. The molecule has 2 aromatic carbocycles. The number of benzene rings is 2. The third-order valence-electron chi connectivity index (χ3n) is 4.50. The minimum absolute atomic E-state index is 0.0666. The molecule has 0 unspecified atom stereocenters. The van der Waals surface area contributed by atoms with E-state index in [1.54, 1.807) is 17.2 Å². The molecule has 2 aromatic rings. The van der Waals surface area contributed by atoms with Crippen LogP contribution in [0.2, 0.25) is 5.02 Å². The van der Waals surface area contributed by atoms with Crippen LogP contribution >= 0.6 is 11.6 Å². The molecule has 1 atom stereocenters. The van der Waals surface area contributed by atoms with Crippen LogP contribution in [0.15, 0.2) is 48.7 Å². The second kappa shape index (κ2) is 8.27. The van der Waals surface area contributed by atoms with Gasteiger partial charge in [0.25, 0.3) is 0 Å². The monoisotopic (exact) mass is 398 g/mol. The number of nitrogens with zero attached hydrogens (tertiary/aromatic N) is 1. The Morgan fingerprint density at radius 3 is 2.64 bits per heavy atom. The number of esters is 1. The zero-order valence-electron chi connectivity index (χ0n) is 15.4. The Hall–Kier alpha value is -3.12. The summed E-state index contributed by atoms with van der Waals surface area (Å²) in [7, 11) is 1.26. The van der Waals surface area contributed by atoms with E-state index in [4.69, 9.17) is 16.3 Å². The Balaban J connectivity index is 1.81. The van der Waals surface area contributed by atoms with Gasteiger partial charge in [0, 0.05) is 18.8 Å². The minimum Gasteiger partial charge on any atom is -0.465 e. The summed E-state index contributed by atoms with van der Waals surface area (Å²) in [6, 6.07) is 11.8. The van der Waals surface area contributed by atoms with Crippen molar-refractivity contribution < 1.29 is 19.1 Å². The summed E-state index contributed by atoms with van der Waals surface area (Å²) in [5.41, 5.74) is 2.46. The highest BCUT2D eigenvalue weighted by Gasteiger charge is 2.28. The molecule has 1 aliphatic rings. The number of hydrogen-bond acceptors (Lipinski definition) is 4. The molecule has 7 heteroatoms. The van der Waals surface area contributed by atoms with Crippen LogP contribution in [0.1, 0.15) is 40.9 Å².